The second-order valence-electron chi connectivity index (χ2n) is 6.60. The minimum atomic E-state index is -0.532. The van der Waals surface area contributed by atoms with Gasteiger partial charge in [-0.25, -0.2) is 4.79 Å². The highest BCUT2D eigenvalue weighted by molar-refractivity contribution is 5.92. The Balaban J connectivity index is 2.07. The zero-order valence-corrected chi connectivity index (χ0v) is 12.5. The fourth-order valence-corrected chi connectivity index (χ4v) is 2.62. The standard InChI is InChI=1S/C17H18N2O2/c1-16(2,3)21-15(20)19-10-7-12-13(5-4-6-14(12)19)17(11-18)8-9-17/h4-7,10H,8-9H2,1-3H3. The molecular formula is C17H18N2O2. The van der Waals surface area contributed by atoms with Crippen LogP contribution in [-0.2, 0) is 10.2 Å². The molecule has 1 heterocycles. The van der Waals surface area contributed by atoms with E-state index in [1.807, 2.05) is 45.0 Å². The molecule has 1 aliphatic rings. The van der Waals surface area contributed by atoms with Crippen LogP contribution >= 0.6 is 0 Å². The number of ether oxygens (including phenoxy) is 1. The average Bonchev–Trinajstić information content (AvgIpc) is 3.08. The van der Waals surface area contributed by atoms with Crippen molar-refractivity contribution in [1.29, 1.82) is 5.26 Å². The van der Waals surface area contributed by atoms with Crippen LogP contribution in [0.2, 0.25) is 0 Å². The van der Waals surface area contributed by atoms with Crippen molar-refractivity contribution in [3.05, 3.63) is 36.0 Å². The Hall–Kier alpha value is -2.28. The van der Waals surface area contributed by atoms with Crippen molar-refractivity contribution in [3.63, 3.8) is 0 Å². The fourth-order valence-electron chi connectivity index (χ4n) is 2.62. The van der Waals surface area contributed by atoms with Crippen molar-refractivity contribution < 1.29 is 9.53 Å². The molecule has 2 aromatic rings. The fraction of sp³-hybridized carbons (Fsp3) is 0.412. The maximum Gasteiger partial charge on any atom is 0.418 e. The van der Waals surface area contributed by atoms with Gasteiger partial charge in [0.05, 0.1) is 17.0 Å². The number of hydrogen-bond acceptors (Lipinski definition) is 3. The van der Waals surface area contributed by atoms with Gasteiger partial charge in [-0.2, -0.15) is 5.26 Å². The van der Waals surface area contributed by atoms with Gasteiger partial charge in [0.25, 0.3) is 0 Å². The van der Waals surface area contributed by atoms with Crippen LogP contribution < -0.4 is 0 Å². The molecule has 3 rings (SSSR count). The van der Waals surface area contributed by atoms with Crippen LogP contribution in [0.5, 0.6) is 0 Å². The quantitative estimate of drug-likeness (QED) is 0.795. The second-order valence-corrected chi connectivity index (χ2v) is 6.60. The monoisotopic (exact) mass is 282 g/mol. The van der Waals surface area contributed by atoms with E-state index in [1.165, 1.54) is 4.57 Å². The molecule has 4 nitrogen and oxygen atoms in total. The molecular weight excluding hydrogens is 264 g/mol. The molecule has 1 aromatic heterocycles. The van der Waals surface area contributed by atoms with E-state index in [9.17, 15) is 10.1 Å². The average molecular weight is 282 g/mol. The molecule has 1 fully saturated rings. The third-order valence-electron chi connectivity index (χ3n) is 3.80. The highest BCUT2D eigenvalue weighted by Crippen LogP contribution is 2.49. The van der Waals surface area contributed by atoms with Gasteiger partial charge in [-0.3, -0.25) is 4.57 Å². The van der Waals surface area contributed by atoms with E-state index in [-0.39, 0.29) is 5.41 Å². The van der Waals surface area contributed by atoms with Gasteiger partial charge in [0.2, 0.25) is 0 Å². The molecule has 108 valence electrons. The van der Waals surface area contributed by atoms with Gasteiger partial charge in [-0.1, -0.05) is 12.1 Å². The molecule has 0 aliphatic heterocycles. The lowest BCUT2D eigenvalue weighted by Crippen LogP contribution is -2.26. The zero-order chi connectivity index (χ0) is 15.3. The first kappa shape index (κ1) is 13.7. The predicted molar refractivity (Wildman–Crippen MR) is 80.1 cm³/mol. The van der Waals surface area contributed by atoms with E-state index in [0.29, 0.717) is 0 Å². The third kappa shape index (κ3) is 2.29. The second kappa shape index (κ2) is 4.36. The lowest BCUT2D eigenvalue weighted by Gasteiger charge is -2.20. The smallest absolute Gasteiger partial charge is 0.418 e. The summed E-state index contributed by atoms with van der Waals surface area (Å²) in [5.74, 6) is 0. The highest BCUT2D eigenvalue weighted by Gasteiger charge is 2.46. The van der Waals surface area contributed by atoms with Crippen LogP contribution in [0.4, 0.5) is 4.79 Å². The lowest BCUT2D eigenvalue weighted by atomic mass is 9.94. The maximum atomic E-state index is 12.3. The normalized spacial score (nSPS) is 16.5. The number of nitrogens with zero attached hydrogens (tertiary/aromatic N) is 2. The van der Waals surface area contributed by atoms with Gasteiger partial charge in [0, 0.05) is 11.6 Å². The summed E-state index contributed by atoms with van der Waals surface area (Å²) < 4.78 is 6.93. The Bertz CT molecular complexity index is 755. The molecule has 0 saturated heterocycles. The van der Waals surface area contributed by atoms with Gasteiger partial charge in [0.15, 0.2) is 0 Å². The summed E-state index contributed by atoms with van der Waals surface area (Å²) in [6.07, 6.45) is 3.10. The predicted octanol–water partition coefficient (Wildman–Crippen LogP) is 3.98. The Morgan fingerprint density at radius 1 is 1.33 bits per heavy atom. The zero-order valence-electron chi connectivity index (χ0n) is 12.5. The number of benzene rings is 1. The van der Waals surface area contributed by atoms with Gasteiger partial charge in [-0.05, 0) is 51.3 Å². The van der Waals surface area contributed by atoms with E-state index in [1.54, 1.807) is 6.20 Å². The minimum Gasteiger partial charge on any atom is -0.443 e. The van der Waals surface area contributed by atoms with Crippen molar-refractivity contribution >= 4 is 17.0 Å². The molecule has 0 amide bonds. The minimum absolute atomic E-state index is 0.361. The number of nitriles is 1. The number of fused-ring (bicyclic) bond motifs is 1. The molecule has 0 radical (unpaired) electrons. The molecule has 0 bridgehead atoms. The first-order valence-electron chi connectivity index (χ1n) is 7.11. The van der Waals surface area contributed by atoms with Crippen LogP contribution in [0.25, 0.3) is 10.9 Å². The molecule has 1 aliphatic carbocycles. The topological polar surface area (TPSA) is 55.0 Å². The van der Waals surface area contributed by atoms with Crippen LogP contribution in [0.1, 0.15) is 39.2 Å². The summed E-state index contributed by atoms with van der Waals surface area (Å²) in [6, 6.07) is 10.1. The van der Waals surface area contributed by atoms with E-state index >= 15 is 0 Å². The van der Waals surface area contributed by atoms with Gasteiger partial charge >= 0.3 is 6.09 Å². The van der Waals surface area contributed by atoms with Crippen LogP contribution in [0.15, 0.2) is 30.5 Å². The summed E-state index contributed by atoms with van der Waals surface area (Å²) in [6.45, 7) is 5.53. The van der Waals surface area contributed by atoms with E-state index < -0.39 is 11.7 Å². The van der Waals surface area contributed by atoms with Crippen molar-refractivity contribution in [2.24, 2.45) is 0 Å². The van der Waals surface area contributed by atoms with Crippen molar-refractivity contribution in [2.45, 2.75) is 44.6 Å². The summed E-state index contributed by atoms with van der Waals surface area (Å²) in [7, 11) is 0. The lowest BCUT2D eigenvalue weighted by molar-refractivity contribution is 0.0544. The largest absolute Gasteiger partial charge is 0.443 e. The maximum absolute atomic E-state index is 12.3. The van der Waals surface area contributed by atoms with E-state index in [2.05, 4.69) is 6.07 Å². The van der Waals surface area contributed by atoms with Gasteiger partial charge in [0.1, 0.15) is 5.60 Å². The molecule has 1 aromatic carbocycles. The Kier molecular flexibility index (Phi) is 2.84. The molecule has 0 atom stereocenters. The Labute approximate surface area is 123 Å². The summed E-state index contributed by atoms with van der Waals surface area (Å²) in [5, 5.41) is 10.4. The third-order valence-corrected chi connectivity index (χ3v) is 3.80. The summed E-state index contributed by atoms with van der Waals surface area (Å²) in [4.78, 5) is 12.3. The van der Waals surface area contributed by atoms with Crippen LogP contribution in [-0.4, -0.2) is 16.3 Å². The van der Waals surface area contributed by atoms with Crippen LogP contribution in [0, 0.1) is 11.3 Å². The Morgan fingerprint density at radius 3 is 2.62 bits per heavy atom. The molecule has 0 spiro atoms. The first-order valence-corrected chi connectivity index (χ1v) is 7.11. The highest BCUT2D eigenvalue weighted by atomic mass is 16.6. The number of carbonyl (C=O) groups is 1. The van der Waals surface area contributed by atoms with Crippen molar-refractivity contribution in [3.8, 4) is 6.07 Å². The molecule has 4 heteroatoms. The van der Waals surface area contributed by atoms with Crippen molar-refractivity contribution in [2.75, 3.05) is 0 Å². The molecule has 21 heavy (non-hydrogen) atoms. The number of hydrogen-bond donors (Lipinski definition) is 0. The van der Waals surface area contributed by atoms with Gasteiger partial charge in [-0.15, -0.1) is 0 Å². The SMILES string of the molecule is CC(C)(C)OC(=O)n1ccc2c(C3(C#N)CC3)cccc21. The number of aromatic nitrogens is 1. The van der Waals surface area contributed by atoms with Crippen molar-refractivity contribution in [1.82, 2.24) is 4.57 Å². The first-order chi connectivity index (χ1) is 9.86. The molecule has 0 N–H and O–H groups in total. The molecule has 1 saturated carbocycles. The summed E-state index contributed by atoms with van der Waals surface area (Å²) >= 11 is 0. The molecule has 0 unspecified atom stereocenters. The number of carbonyl (C=O) groups excluding carboxylic acids is 1. The Morgan fingerprint density at radius 2 is 2.05 bits per heavy atom. The van der Waals surface area contributed by atoms with Crippen LogP contribution in [0.3, 0.4) is 0 Å². The summed E-state index contributed by atoms with van der Waals surface area (Å²) in [5.41, 5.74) is 0.919. The van der Waals surface area contributed by atoms with E-state index in [0.717, 1.165) is 29.3 Å². The number of rotatable bonds is 1. The van der Waals surface area contributed by atoms with Gasteiger partial charge < -0.3 is 4.74 Å². The van der Waals surface area contributed by atoms with E-state index in [4.69, 9.17) is 4.74 Å².